The van der Waals surface area contributed by atoms with Crippen LogP contribution in [0.5, 0.6) is 0 Å². The first kappa shape index (κ1) is 21.7. The number of aromatic nitrogens is 2. The summed E-state index contributed by atoms with van der Waals surface area (Å²) in [5, 5.41) is 3.10. The molecule has 0 saturated heterocycles. The van der Waals surface area contributed by atoms with Crippen molar-refractivity contribution < 1.29 is 21.8 Å². The summed E-state index contributed by atoms with van der Waals surface area (Å²) in [5.74, 6) is 0.0425. The Balaban J connectivity index is 0.00000280. The Hall–Kier alpha value is -2.59. The van der Waals surface area contributed by atoms with E-state index in [9.17, 15) is 4.79 Å². The lowest BCUT2D eigenvalue weighted by Gasteiger charge is -2.14. The van der Waals surface area contributed by atoms with Crippen molar-refractivity contribution in [2.75, 3.05) is 0 Å². The maximum absolute atomic E-state index is 13.0. The van der Waals surface area contributed by atoms with E-state index in [4.69, 9.17) is 0 Å². The van der Waals surface area contributed by atoms with Gasteiger partial charge in [-0.15, -0.1) is 0 Å². The van der Waals surface area contributed by atoms with E-state index in [0.717, 1.165) is 30.5 Å². The van der Waals surface area contributed by atoms with E-state index in [2.05, 4.69) is 35.1 Å². The first-order valence-electron chi connectivity index (χ1n) is 9.68. The van der Waals surface area contributed by atoms with Crippen LogP contribution in [0.25, 0.3) is 0 Å². The van der Waals surface area contributed by atoms with Crippen molar-refractivity contribution in [3.05, 3.63) is 90.5 Å². The molecule has 5 heteroatoms. The molecule has 1 N–H and O–H groups in total. The van der Waals surface area contributed by atoms with Gasteiger partial charge in [0.25, 0.3) is 5.91 Å². The van der Waals surface area contributed by atoms with Gasteiger partial charge >= 0.3 is 0 Å². The number of nitrogens with zero attached hydrogens (tertiary/aromatic N) is 2. The molecule has 0 saturated carbocycles. The third-order valence-electron chi connectivity index (χ3n) is 4.73. The minimum Gasteiger partial charge on any atom is -1.00 e. The van der Waals surface area contributed by atoms with Crippen LogP contribution >= 0.6 is 0 Å². The molecule has 1 aromatic heterocycles. The van der Waals surface area contributed by atoms with E-state index in [-0.39, 0.29) is 24.4 Å². The normalized spacial score (nSPS) is 11.5. The number of nitrogens with one attached hydrogen (secondary N) is 1. The second-order valence-electron chi connectivity index (χ2n) is 6.86. The highest BCUT2D eigenvalue weighted by molar-refractivity contribution is 5.80. The fourth-order valence-electron chi connectivity index (χ4n) is 3.14. The minimum atomic E-state index is -0.265. The van der Waals surface area contributed by atoms with E-state index in [1.54, 1.807) is 0 Å². The van der Waals surface area contributed by atoms with Gasteiger partial charge in [0.2, 0.25) is 6.33 Å². The number of unbranched alkanes of at least 4 members (excludes halogenated alkanes) is 1. The Morgan fingerprint density at radius 2 is 1.68 bits per heavy atom. The molecule has 2 aromatic carbocycles. The van der Waals surface area contributed by atoms with Gasteiger partial charge in [-0.1, -0.05) is 74.0 Å². The molecule has 0 aliphatic heterocycles. The third-order valence-corrected chi connectivity index (χ3v) is 4.73. The first-order valence-corrected chi connectivity index (χ1v) is 9.68. The monoisotopic (exact) mass is 397 g/mol. The van der Waals surface area contributed by atoms with Crippen LogP contribution in [-0.2, 0) is 24.3 Å². The SMILES string of the molecule is CCCC[n+]1ccn([C@@H](Cc2ccccc2)C(=O)NCc2ccccc2)c1.[Cl-]. The minimum absolute atomic E-state index is 0. The van der Waals surface area contributed by atoms with Gasteiger partial charge in [-0.25, -0.2) is 9.13 Å². The van der Waals surface area contributed by atoms with E-state index >= 15 is 0 Å². The average molecular weight is 398 g/mol. The van der Waals surface area contributed by atoms with Crippen molar-refractivity contribution >= 4 is 5.91 Å². The van der Waals surface area contributed by atoms with Gasteiger partial charge in [0.05, 0.1) is 6.54 Å². The van der Waals surface area contributed by atoms with Crippen molar-refractivity contribution in [3.8, 4) is 0 Å². The number of hydrogen-bond donors (Lipinski definition) is 1. The Bertz CT molecular complexity index is 833. The molecule has 0 aliphatic rings. The number of carbonyl (C=O) groups is 1. The molecule has 0 aliphatic carbocycles. The number of carbonyl (C=O) groups excluding carboxylic acids is 1. The molecule has 1 atom stereocenters. The summed E-state index contributed by atoms with van der Waals surface area (Å²) < 4.78 is 4.19. The number of amides is 1. The molecule has 148 valence electrons. The fraction of sp³-hybridized carbons (Fsp3) is 0.304. The second-order valence-corrected chi connectivity index (χ2v) is 6.86. The van der Waals surface area contributed by atoms with Gasteiger partial charge in [0.1, 0.15) is 12.4 Å². The zero-order valence-electron chi connectivity index (χ0n) is 16.3. The fourth-order valence-corrected chi connectivity index (χ4v) is 3.14. The number of rotatable bonds is 9. The number of halogens is 1. The maximum atomic E-state index is 13.0. The van der Waals surface area contributed by atoms with Crippen molar-refractivity contribution in [1.29, 1.82) is 0 Å². The van der Waals surface area contributed by atoms with Gasteiger partial charge in [-0.05, 0) is 17.5 Å². The molecule has 1 amide bonds. The van der Waals surface area contributed by atoms with Crippen LogP contribution in [0.15, 0.2) is 79.4 Å². The Kier molecular flexibility index (Phi) is 8.76. The second kappa shape index (κ2) is 11.3. The van der Waals surface area contributed by atoms with E-state index in [0.29, 0.717) is 13.0 Å². The maximum Gasteiger partial charge on any atom is 0.266 e. The van der Waals surface area contributed by atoms with E-state index < -0.39 is 0 Å². The third kappa shape index (κ3) is 6.24. The molecule has 3 aromatic rings. The lowest BCUT2D eigenvalue weighted by atomic mass is 10.0. The van der Waals surface area contributed by atoms with Crippen LogP contribution in [0.4, 0.5) is 0 Å². The van der Waals surface area contributed by atoms with Crippen LogP contribution in [0.3, 0.4) is 0 Å². The number of aryl methyl sites for hydroxylation is 1. The molecule has 0 fully saturated rings. The van der Waals surface area contributed by atoms with Crippen molar-refractivity contribution in [2.45, 2.75) is 45.3 Å². The van der Waals surface area contributed by atoms with Gasteiger partial charge in [-0.3, -0.25) is 4.79 Å². The predicted octanol–water partition coefficient (Wildman–Crippen LogP) is 0.680. The van der Waals surface area contributed by atoms with Gasteiger partial charge in [0, 0.05) is 13.0 Å². The highest BCUT2D eigenvalue weighted by Gasteiger charge is 2.25. The number of hydrogen-bond acceptors (Lipinski definition) is 1. The van der Waals surface area contributed by atoms with E-state index in [1.807, 2.05) is 65.6 Å². The standard InChI is InChI=1S/C23H27N3O.ClH/c1-2-3-14-25-15-16-26(19-25)22(17-20-10-6-4-7-11-20)23(27)24-18-21-12-8-5-9-13-21;/h4-13,15-16,19,22H,2-3,14,17-18H2,1H3;1H/t22-;/m0./s1. The van der Waals surface area contributed by atoms with E-state index in [1.165, 1.54) is 0 Å². The smallest absolute Gasteiger partial charge is 0.266 e. The predicted molar refractivity (Wildman–Crippen MR) is 107 cm³/mol. The first-order chi connectivity index (χ1) is 13.3. The van der Waals surface area contributed by atoms with Crippen LogP contribution < -0.4 is 22.3 Å². The van der Waals surface area contributed by atoms with Crippen molar-refractivity contribution in [3.63, 3.8) is 0 Å². The Labute approximate surface area is 173 Å². The quantitative estimate of drug-likeness (QED) is 0.530. The zero-order chi connectivity index (χ0) is 18.9. The van der Waals surface area contributed by atoms with Crippen LogP contribution in [-0.4, -0.2) is 10.5 Å². The van der Waals surface area contributed by atoms with Crippen LogP contribution in [0, 0.1) is 0 Å². The highest BCUT2D eigenvalue weighted by Crippen LogP contribution is 2.15. The summed E-state index contributed by atoms with van der Waals surface area (Å²) in [6.45, 7) is 3.71. The molecule has 1 heterocycles. The number of benzene rings is 2. The Morgan fingerprint density at radius 3 is 2.32 bits per heavy atom. The molecular weight excluding hydrogens is 370 g/mol. The van der Waals surface area contributed by atoms with Gasteiger partial charge in [0.15, 0.2) is 6.04 Å². The van der Waals surface area contributed by atoms with Crippen molar-refractivity contribution in [2.24, 2.45) is 0 Å². The van der Waals surface area contributed by atoms with Crippen LogP contribution in [0.1, 0.15) is 36.9 Å². The molecule has 28 heavy (non-hydrogen) atoms. The average Bonchev–Trinajstić information content (AvgIpc) is 3.19. The summed E-state index contributed by atoms with van der Waals surface area (Å²) in [4.78, 5) is 13.0. The largest absolute Gasteiger partial charge is 1.00 e. The van der Waals surface area contributed by atoms with Gasteiger partial charge in [-0.2, -0.15) is 0 Å². The van der Waals surface area contributed by atoms with Crippen LogP contribution in [0.2, 0.25) is 0 Å². The summed E-state index contributed by atoms with van der Waals surface area (Å²) in [6.07, 6.45) is 9.07. The summed E-state index contributed by atoms with van der Waals surface area (Å²) in [7, 11) is 0. The Morgan fingerprint density at radius 1 is 1.04 bits per heavy atom. The van der Waals surface area contributed by atoms with Gasteiger partial charge < -0.3 is 17.7 Å². The lowest BCUT2D eigenvalue weighted by Crippen LogP contribution is -3.00. The molecule has 0 unspecified atom stereocenters. The highest BCUT2D eigenvalue weighted by atomic mass is 35.5. The number of imidazole rings is 1. The molecule has 0 radical (unpaired) electrons. The molecule has 0 bridgehead atoms. The summed E-state index contributed by atoms with van der Waals surface area (Å²) in [6, 6.07) is 20.0. The topological polar surface area (TPSA) is 37.9 Å². The molecule has 3 rings (SSSR count). The summed E-state index contributed by atoms with van der Waals surface area (Å²) in [5.41, 5.74) is 2.26. The molecular formula is C23H28ClN3O. The van der Waals surface area contributed by atoms with Crippen molar-refractivity contribution in [1.82, 2.24) is 9.88 Å². The molecule has 4 nitrogen and oxygen atoms in total. The zero-order valence-corrected chi connectivity index (χ0v) is 17.1. The summed E-state index contributed by atoms with van der Waals surface area (Å²) >= 11 is 0. The lowest BCUT2D eigenvalue weighted by molar-refractivity contribution is -0.696. The molecule has 0 spiro atoms.